The van der Waals surface area contributed by atoms with Crippen molar-refractivity contribution in [3.63, 3.8) is 0 Å². The van der Waals surface area contributed by atoms with Crippen LogP contribution in [0.3, 0.4) is 0 Å². The van der Waals surface area contributed by atoms with E-state index in [1.54, 1.807) is 29.4 Å². The highest BCUT2D eigenvalue weighted by molar-refractivity contribution is 5.85. The minimum absolute atomic E-state index is 0. The van der Waals surface area contributed by atoms with E-state index in [9.17, 15) is 4.79 Å². The zero-order valence-electron chi connectivity index (χ0n) is 12.6. The van der Waals surface area contributed by atoms with Crippen molar-refractivity contribution < 1.29 is 9.53 Å². The fraction of sp³-hybridized carbons (Fsp3) is 0.533. The quantitative estimate of drug-likeness (QED) is 0.886. The van der Waals surface area contributed by atoms with E-state index in [0.29, 0.717) is 19.5 Å². The number of nitrogens with zero attached hydrogens (tertiary/aromatic N) is 3. The number of amides is 1. The van der Waals surface area contributed by atoms with Gasteiger partial charge in [0, 0.05) is 31.9 Å². The number of pyridine rings is 1. The van der Waals surface area contributed by atoms with Gasteiger partial charge in [-0.25, -0.2) is 0 Å². The molecule has 2 saturated heterocycles. The Hall–Kier alpha value is -1.55. The summed E-state index contributed by atoms with van der Waals surface area (Å²) in [5.41, 5.74) is 0. The SMILES string of the molecule is Cl.Cl.N#CC1CCCN1C(=O)[C@@H]1C[C@H](Oc2ccncc2)CN1. The first-order chi connectivity index (χ1) is 10.3. The van der Waals surface area contributed by atoms with E-state index in [-0.39, 0.29) is 48.9 Å². The first-order valence-electron chi connectivity index (χ1n) is 7.28. The highest BCUT2D eigenvalue weighted by atomic mass is 35.5. The van der Waals surface area contributed by atoms with Crippen molar-refractivity contribution in [3.8, 4) is 11.8 Å². The van der Waals surface area contributed by atoms with Gasteiger partial charge in [0.15, 0.2) is 0 Å². The molecular weight excluding hydrogens is 339 g/mol. The molecule has 1 aromatic rings. The third kappa shape index (κ3) is 4.47. The summed E-state index contributed by atoms with van der Waals surface area (Å²) in [6.07, 6.45) is 5.67. The Labute approximate surface area is 148 Å². The predicted octanol–water partition coefficient (Wildman–Crippen LogP) is 1.55. The van der Waals surface area contributed by atoms with Crippen LogP contribution in [0, 0.1) is 11.3 Å². The van der Waals surface area contributed by atoms with Gasteiger partial charge in [0.1, 0.15) is 17.9 Å². The number of hydrogen-bond acceptors (Lipinski definition) is 5. The molecule has 0 radical (unpaired) electrons. The van der Waals surface area contributed by atoms with Gasteiger partial charge < -0.3 is 15.0 Å². The van der Waals surface area contributed by atoms with E-state index in [4.69, 9.17) is 10.00 Å². The summed E-state index contributed by atoms with van der Waals surface area (Å²) in [5, 5.41) is 12.3. The summed E-state index contributed by atoms with van der Waals surface area (Å²) >= 11 is 0. The molecule has 0 saturated carbocycles. The Bertz CT molecular complexity index is 552. The molecule has 0 spiro atoms. The van der Waals surface area contributed by atoms with Crippen LogP contribution < -0.4 is 10.1 Å². The van der Waals surface area contributed by atoms with Crippen molar-refractivity contribution in [1.82, 2.24) is 15.2 Å². The first-order valence-corrected chi connectivity index (χ1v) is 7.28. The van der Waals surface area contributed by atoms with E-state index < -0.39 is 0 Å². The third-order valence-corrected chi connectivity index (χ3v) is 4.03. The third-order valence-electron chi connectivity index (χ3n) is 4.03. The van der Waals surface area contributed by atoms with Crippen molar-refractivity contribution in [2.45, 2.75) is 37.5 Å². The molecule has 0 aliphatic carbocycles. The number of carbonyl (C=O) groups is 1. The molecule has 3 heterocycles. The van der Waals surface area contributed by atoms with E-state index in [0.717, 1.165) is 18.6 Å². The van der Waals surface area contributed by atoms with Gasteiger partial charge in [-0.05, 0) is 25.0 Å². The first kappa shape index (κ1) is 19.5. The molecular formula is C15H20Cl2N4O2. The summed E-state index contributed by atoms with van der Waals surface area (Å²) < 4.78 is 5.83. The van der Waals surface area contributed by atoms with Gasteiger partial charge in [0.2, 0.25) is 5.91 Å². The molecule has 1 unspecified atom stereocenters. The lowest BCUT2D eigenvalue weighted by atomic mass is 10.1. The zero-order chi connectivity index (χ0) is 14.7. The predicted molar refractivity (Wildman–Crippen MR) is 89.9 cm³/mol. The highest BCUT2D eigenvalue weighted by Crippen LogP contribution is 2.22. The minimum atomic E-state index is -0.264. The molecule has 8 heteroatoms. The number of nitrogens with one attached hydrogen (secondary N) is 1. The van der Waals surface area contributed by atoms with Crippen LogP contribution in [0.2, 0.25) is 0 Å². The maximum Gasteiger partial charge on any atom is 0.240 e. The normalized spacial score (nSPS) is 25.9. The van der Waals surface area contributed by atoms with Crippen LogP contribution >= 0.6 is 24.8 Å². The van der Waals surface area contributed by atoms with Gasteiger partial charge in [-0.3, -0.25) is 9.78 Å². The molecule has 3 atom stereocenters. The lowest BCUT2D eigenvalue weighted by molar-refractivity contribution is -0.133. The fourth-order valence-corrected chi connectivity index (χ4v) is 2.96. The van der Waals surface area contributed by atoms with Crippen LogP contribution in [0.5, 0.6) is 5.75 Å². The molecule has 126 valence electrons. The number of likely N-dealkylation sites (tertiary alicyclic amines) is 1. The van der Waals surface area contributed by atoms with Crippen LogP contribution in [0.15, 0.2) is 24.5 Å². The number of rotatable bonds is 3. The molecule has 1 N–H and O–H groups in total. The van der Waals surface area contributed by atoms with Crippen molar-refractivity contribution >= 4 is 30.7 Å². The zero-order valence-corrected chi connectivity index (χ0v) is 14.2. The number of aromatic nitrogens is 1. The maximum absolute atomic E-state index is 12.5. The monoisotopic (exact) mass is 358 g/mol. The Morgan fingerprint density at radius 1 is 1.39 bits per heavy atom. The van der Waals surface area contributed by atoms with Crippen LogP contribution in [-0.4, -0.2) is 47.1 Å². The van der Waals surface area contributed by atoms with Crippen molar-refractivity contribution in [3.05, 3.63) is 24.5 Å². The van der Waals surface area contributed by atoms with E-state index >= 15 is 0 Å². The number of nitriles is 1. The second kappa shape index (κ2) is 8.92. The molecule has 0 bridgehead atoms. The van der Waals surface area contributed by atoms with E-state index in [1.165, 1.54) is 0 Å². The average Bonchev–Trinajstić information content (AvgIpc) is 3.16. The van der Waals surface area contributed by atoms with Crippen LogP contribution in [0.25, 0.3) is 0 Å². The van der Waals surface area contributed by atoms with Crippen molar-refractivity contribution in [2.75, 3.05) is 13.1 Å². The molecule has 23 heavy (non-hydrogen) atoms. The van der Waals surface area contributed by atoms with Crippen molar-refractivity contribution in [2.24, 2.45) is 0 Å². The minimum Gasteiger partial charge on any atom is -0.489 e. The molecule has 1 amide bonds. The molecule has 2 fully saturated rings. The van der Waals surface area contributed by atoms with E-state index in [2.05, 4.69) is 16.4 Å². The Balaban J connectivity index is 0.00000132. The largest absolute Gasteiger partial charge is 0.489 e. The van der Waals surface area contributed by atoms with Gasteiger partial charge in [-0.2, -0.15) is 5.26 Å². The number of ether oxygens (including phenoxy) is 1. The highest BCUT2D eigenvalue weighted by Gasteiger charge is 2.37. The number of halogens is 2. The smallest absolute Gasteiger partial charge is 0.240 e. The lowest BCUT2D eigenvalue weighted by Gasteiger charge is -2.23. The van der Waals surface area contributed by atoms with Gasteiger partial charge in [0.25, 0.3) is 0 Å². The second-order valence-electron chi connectivity index (χ2n) is 5.44. The Kier molecular flexibility index (Phi) is 7.56. The molecule has 2 aliphatic heterocycles. The average molecular weight is 359 g/mol. The summed E-state index contributed by atoms with van der Waals surface area (Å²) in [6.45, 7) is 1.33. The summed E-state index contributed by atoms with van der Waals surface area (Å²) in [4.78, 5) is 18.1. The van der Waals surface area contributed by atoms with Crippen LogP contribution in [0.1, 0.15) is 19.3 Å². The number of hydrogen-bond donors (Lipinski definition) is 1. The van der Waals surface area contributed by atoms with Crippen LogP contribution in [0.4, 0.5) is 0 Å². The maximum atomic E-state index is 12.5. The molecule has 6 nitrogen and oxygen atoms in total. The Morgan fingerprint density at radius 3 is 2.83 bits per heavy atom. The summed E-state index contributed by atoms with van der Waals surface area (Å²) in [7, 11) is 0. The molecule has 0 aromatic carbocycles. The molecule has 3 rings (SSSR count). The second-order valence-corrected chi connectivity index (χ2v) is 5.44. The lowest BCUT2D eigenvalue weighted by Crippen LogP contribution is -2.45. The van der Waals surface area contributed by atoms with Gasteiger partial charge in [-0.1, -0.05) is 0 Å². The molecule has 1 aromatic heterocycles. The van der Waals surface area contributed by atoms with Crippen LogP contribution in [-0.2, 0) is 4.79 Å². The summed E-state index contributed by atoms with van der Waals surface area (Å²) in [6, 6.07) is 5.31. The Morgan fingerprint density at radius 2 is 2.13 bits per heavy atom. The van der Waals surface area contributed by atoms with Gasteiger partial charge in [0.05, 0.1) is 12.1 Å². The van der Waals surface area contributed by atoms with E-state index in [1.807, 2.05) is 0 Å². The number of carbonyl (C=O) groups excluding carboxylic acids is 1. The fourth-order valence-electron chi connectivity index (χ4n) is 2.96. The summed E-state index contributed by atoms with van der Waals surface area (Å²) in [5.74, 6) is 0.792. The van der Waals surface area contributed by atoms with Gasteiger partial charge in [-0.15, -0.1) is 24.8 Å². The van der Waals surface area contributed by atoms with Crippen molar-refractivity contribution in [1.29, 1.82) is 5.26 Å². The molecule has 2 aliphatic rings. The topological polar surface area (TPSA) is 78.2 Å². The standard InChI is InChI=1S/C15H18N4O2.2ClH/c16-9-11-2-1-7-19(11)15(20)14-8-13(10-18-14)21-12-3-5-17-6-4-12;;/h3-6,11,13-14,18H,1-2,7-8,10H2;2*1H/t11?,13-,14-;;/m0../s1. The van der Waals surface area contributed by atoms with Gasteiger partial charge >= 0.3 is 0 Å².